The van der Waals surface area contributed by atoms with E-state index in [-0.39, 0.29) is 18.5 Å². The highest BCUT2D eigenvalue weighted by Crippen LogP contribution is 2.09. The Bertz CT molecular complexity index is 617. The van der Waals surface area contributed by atoms with Crippen molar-refractivity contribution in [2.75, 3.05) is 13.7 Å². The van der Waals surface area contributed by atoms with Crippen LogP contribution in [0.4, 0.5) is 8.78 Å². The topological polar surface area (TPSA) is 84.5 Å². The third kappa shape index (κ3) is 5.32. The van der Waals surface area contributed by atoms with E-state index in [9.17, 15) is 23.2 Å². The van der Waals surface area contributed by atoms with E-state index in [0.29, 0.717) is 6.07 Å². The normalized spacial score (nSPS) is 10.8. The van der Waals surface area contributed by atoms with Crippen LogP contribution in [0.15, 0.2) is 18.2 Å². The molecule has 0 saturated heterocycles. The SMILES string of the molecule is COC(=O)C(C)(C)NC(=O)CCNC(=O)c1ccc(F)cc1F. The van der Waals surface area contributed by atoms with Crippen molar-refractivity contribution in [2.24, 2.45) is 0 Å². The molecule has 0 bridgehead atoms. The van der Waals surface area contributed by atoms with Crippen LogP contribution in [-0.2, 0) is 14.3 Å². The predicted molar refractivity (Wildman–Crippen MR) is 77.5 cm³/mol. The fourth-order valence-electron chi connectivity index (χ4n) is 1.78. The number of esters is 1. The van der Waals surface area contributed by atoms with Gasteiger partial charge in [0.2, 0.25) is 5.91 Å². The highest BCUT2D eigenvalue weighted by atomic mass is 19.1. The Kier molecular flexibility index (Phi) is 6.18. The zero-order valence-corrected chi connectivity index (χ0v) is 13.0. The van der Waals surface area contributed by atoms with Crippen molar-refractivity contribution in [1.29, 1.82) is 0 Å². The van der Waals surface area contributed by atoms with Crippen LogP contribution in [0.3, 0.4) is 0 Å². The van der Waals surface area contributed by atoms with Crippen LogP contribution in [0.5, 0.6) is 0 Å². The number of carbonyl (C=O) groups excluding carboxylic acids is 3. The summed E-state index contributed by atoms with van der Waals surface area (Å²) in [5.41, 5.74) is -1.51. The van der Waals surface area contributed by atoms with Gasteiger partial charge in [-0.05, 0) is 26.0 Å². The lowest BCUT2D eigenvalue weighted by molar-refractivity contribution is -0.149. The van der Waals surface area contributed by atoms with Crippen molar-refractivity contribution in [3.05, 3.63) is 35.4 Å². The second-order valence-corrected chi connectivity index (χ2v) is 5.29. The molecular formula is C15H18F2N2O4. The Morgan fingerprint density at radius 3 is 2.43 bits per heavy atom. The van der Waals surface area contributed by atoms with E-state index in [1.54, 1.807) is 0 Å². The molecule has 1 rings (SSSR count). The number of rotatable bonds is 6. The number of methoxy groups -OCH3 is 1. The number of nitrogens with one attached hydrogen (secondary N) is 2. The Morgan fingerprint density at radius 1 is 1.22 bits per heavy atom. The maximum Gasteiger partial charge on any atom is 0.330 e. The van der Waals surface area contributed by atoms with Gasteiger partial charge < -0.3 is 15.4 Å². The van der Waals surface area contributed by atoms with Gasteiger partial charge in [0.05, 0.1) is 12.7 Å². The smallest absolute Gasteiger partial charge is 0.330 e. The van der Waals surface area contributed by atoms with E-state index >= 15 is 0 Å². The molecule has 1 aromatic rings. The Labute approximate surface area is 132 Å². The summed E-state index contributed by atoms with van der Waals surface area (Å²) in [5, 5.41) is 4.79. The lowest BCUT2D eigenvalue weighted by Crippen LogP contribution is -2.50. The van der Waals surface area contributed by atoms with Crippen LogP contribution in [0.2, 0.25) is 0 Å². The largest absolute Gasteiger partial charge is 0.467 e. The minimum Gasteiger partial charge on any atom is -0.467 e. The first-order valence-corrected chi connectivity index (χ1v) is 6.80. The molecule has 0 spiro atoms. The summed E-state index contributed by atoms with van der Waals surface area (Å²) in [6.45, 7) is 2.88. The van der Waals surface area contributed by atoms with Gasteiger partial charge in [0.1, 0.15) is 17.2 Å². The van der Waals surface area contributed by atoms with Crippen molar-refractivity contribution in [3.8, 4) is 0 Å². The number of hydrogen-bond acceptors (Lipinski definition) is 4. The van der Waals surface area contributed by atoms with Crippen LogP contribution < -0.4 is 10.6 Å². The quantitative estimate of drug-likeness (QED) is 0.767. The Hall–Kier alpha value is -2.51. The molecule has 23 heavy (non-hydrogen) atoms. The van der Waals surface area contributed by atoms with Gasteiger partial charge in [-0.1, -0.05) is 0 Å². The summed E-state index contributed by atoms with van der Waals surface area (Å²) >= 11 is 0. The van der Waals surface area contributed by atoms with Gasteiger partial charge in [0.15, 0.2) is 0 Å². The molecule has 0 heterocycles. The molecule has 0 unspecified atom stereocenters. The Morgan fingerprint density at radius 2 is 1.87 bits per heavy atom. The van der Waals surface area contributed by atoms with Crippen molar-refractivity contribution < 1.29 is 27.9 Å². The lowest BCUT2D eigenvalue weighted by Gasteiger charge is -2.23. The van der Waals surface area contributed by atoms with Crippen LogP contribution in [-0.4, -0.2) is 37.0 Å². The van der Waals surface area contributed by atoms with Gasteiger partial charge in [0, 0.05) is 19.0 Å². The molecule has 0 atom stereocenters. The van der Waals surface area contributed by atoms with Gasteiger partial charge in [-0.15, -0.1) is 0 Å². The van der Waals surface area contributed by atoms with E-state index in [4.69, 9.17) is 0 Å². The van der Waals surface area contributed by atoms with E-state index in [2.05, 4.69) is 15.4 Å². The Balaban J connectivity index is 2.49. The maximum absolute atomic E-state index is 13.4. The molecule has 0 aliphatic rings. The fraction of sp³-hybridized carbons (Fsp3) is 0.400. The number of carbonyl (C=O) groups is 3. The van der Waals surface area contributed by atoms with Gasteiger partial charge in [-0.3, -0.25) is 9.59 Å². The molecule has 126 valence electrons. The zero-order valence-electron chi connectivity index (χ0n) is 13.0. The molecule has 0 aromatic heterocycles. The zero-order chi connectivity index (χ0) is 17.6. The van der Waals surface area contributed by atoms with E-state index < -0.39 is 35.0 Å². The monoisotopic (exact) mass is 328 g/mol. The highest BCUT2D eigenvalue weighted by Gasteiger charge is 2.30. The van der Waals surface area contributed by atoms with Gasteiger partial charge in [-0.2, -0.15) is 0 Å². The summed E-state index contributed by atoms with van der Waals surface area (Å²) in [7, 11) is 1.20. The molecule has 0 aliphatic heterocycles. The summed E-state index contributed by atoms with van der Waals surface area (Å²) in [6.07, 6.45) is -0.116. The van der Waals surface area contributed by atoms with Crippen LogP contribution in [0.25, 0.3) is 0 Å². The first-order chi connectivity index (χ1) is 10.7. The third-order valence-corrected chi connectivity index (χ3v) is 2.96. The van der Waals surface area contributed by atoms with Crippen LogP contribution in [0.1, 0.15) is 30.6 Å². The summed E-state index contributed by atoms with van der Waals surface area (Å²) in [4.78, 5) is 34.9. The summed E-state index contributed by atoms with van der Waals surface area (Å²) in [6, 6.07) is 2.57. The molecule has 0 saturated carbocycles. The average molecular weight is 328 g/mol. The van der Waals surface area contributed by atoms with E-state index in [1.807, 2.05) is 0 Å². The minimum absolute atomic E-state index is 0.0707. The van der Waals surface area contributed by atoms with Crippen molar-refractivity contribution in [3.63, 3.8) is 0 Å². The molecule has 2 N–H and O–H groups in total. The van der Waals surface area contributed by atoms with E-state index in [0.717, 1.165) is 12.1 Å². The highest BCUT2D eigenvalue weighted by molar-refractivity contribution is 5.94. The van der Waals surface area contributed by atoms with Crippen molar-refractivity contribution >= 4 is 17.8 Å². The van der Waals surface area contributed by atoms with E-state index in [1.165, 1.54) is 21.0 Å². The number of ether oxygens (including phenoxy) is 1. The fourth-order valence-corrected chi connectivity index (χ4v) is 1.78. The summed E-state index contributed by atoms with van der Waals surface area (Å²) in [5.74, 6) is -3.63. The second-order valence-electron chi connectivity index (χ2n) is 5.29. The van der Waals surface area contributed by atoms with Crippen LogP contribution in [0, 0.1) is 11.6 Å². The summed E-state index contributed by atoms with van der Waals surface area (Å²) < 4.78 is 30.7. The predicted octanol–water partition coefficient (Wildman–Crippen LogP) is 1.15. The van der Waals surface area contributed by atoms with Crippen molar-refractivity contribution in [2.45, 2.75) is 25.8 Å². The molecule has 2 amide bonds. The molecular weight excluding hydrogens is 310 g/mol. The van der Waals surface area contributed by atoms with Gasteiger partial charge in [0.25, 0.3) is 5.91 Å². The molecule has 0 radical (unpaired) electrons. The first-order valence-electron chi connectivity index (χ1n) is 6.80. The molecule has 0 fully saturated rings. The lowest BCUT2D eigenvalue weighted by atomic mass is 10.1. The van der Waals surface area contributed by atoms with Crippen molar-refractivity contribution in [1.82, 2.24) is 10.6 Å². The standard InChI is InChI=1S/C15H18F2N2O4/c1-15(2,14(22)23-3)19-12(20)6-7-18-13(21)10-5-4-9(16)8-11(10)17/h4-5,8H,6-7H2,1-3H3,(H,18,21)(H,19,20). The van der Waals surface area contributed by atoms with Gasteiger partial charge >= 0.3 is 5.97 Å². The number of amides is 2. The number of benzene rings is 1. The van der Waals surface area contributed by atoms with Gasteiger partial charge in [-0.25, -0.2) is 13.6 Å². The molecule has 6 nitrogen and oxygen atoms in total. The minimum atomic E-state index is -1.20. The average Bonchev–Trinajstić information content (AvgIpc) is 2.45. The molecule has 0 aliphatic carbocycles. The number of hydrogen-bond donors (Lipinski definition) is 2. The molecule has 1 aromatic carbocycles. The first kappa shape index (κ1) is 18.5. The maximum atomic E-state index is 13.4. The second kappa shape index (κ2) is 7.66. The molecule has 8 heteroatoms. The third-order valence-electron chi connectivity index (χ3n) is 2.96. The number of halogens is 2. The van der Waals surface area contributed by atoms with Crippen LogP contribution >= 0.6 is 0 Å².